The highest BCUT2D eigenvalue weighted by Gasteiger charge is 2.24. The van der Waals surface area contributed by atoms with Gasteiger partial charge >= 0.3 is 0 Å². The van der Waals surface area contributed by atoms with Gasteiger partial charge in [0.2, 0.25) is 11.1 Å². The average molecular weight is 570 g/mol. The molecule has 1 aliphatic rings. The predicted molar refractivity (Wildman–Crippen MR) is 144 cm³/mol. The van der Waals surface area contributed by atoms with Gasteiger partial charge in [-0.15, -0.1) is 5.10 Å². The van der Waals surface area contributed by atoms with Gasteiger partial charge in [0, 0.05) is 24.2 Å². The van der Waals surface area contributed by atoms with Crippen LogP contribution in [0.1, 0.15) is 40.2 Å². The molecule has 194 valence electrons. The van der Waals surface area contributed by atoms with Crippen LogP contribution in [-0.4, -0.2) is 37.8 Å². The highest BCUT2D eigenvalue weighted by molar-refractivity contribution is 7.99. The topological polar surface area (TPSA) is 129 Å². The molecular formula is C25H21Cl2N7O3S. The normalized spacial score (nSPS) is 12.8. The van der Waals surface area contributed by atoms with E-state index >= 15 is 0 Å². The molecule has 0 saturated heterocycles. The SMILES string of the molecule is O=C(CSc1nnnn1-c1ccc(C2CC2)cc1Cl)Nc1ccc(C(=O)NCc2cc[n+]([O-])cc2)cc1Cl. The Balaban J connectivity index is 1.16. The number of hydrogen-bond acceptors (Lipinski definition) is 7. The van der Waals surface area contributed by atoms with Gasteiger partial charge in [-0.3, -0.25) is 9.59 Å². The van der Waals surface area contributed by atoms with Crippen LogP contribution >= 0.6 is 35.0 Å². The number of carbonyl (C=O) groups is 2. The largest absolute Gasteiger partial charge is 0.619 e. The average Bonchev–Trinajstić information content (AvgIpc) is 3.66. The van der Waals surface area contributed by atoms with Crippen molar-refractivity contribution in [3.8, 4) is 5.69 Å². The van der Waals surface area contributed by atoms with E-state index in [9.17, 15) is 14.8 Å². The van der Waals surface area contributed by atoms with E-state index in [0.29, 0.717) is 37.8 Å². The number of nitrogens with one attached hydrogen (secondary N) is 2. The minimum Gasteiger partial charge on any atom is -0.619 e. The molecule has 0 atom stereocenters. The predicted octanol–water partition coefficient (Wildman–Crippen LogP) is 4.14. The quantitative estimate of drug-likeness (QED) is 0.176. The molecule has 2 aromatic heterocycles. The highest BCUT2D eigenvalue weighted by atomic mass is 35.5. The van der Waals surface area contributed by atoms with E-state index in [1.54, 1.807) is 24.3 Å². The smallest absolute Gasteiger partial charge is 0.251 e. The number of halogens is 2. The van der Waals surface area contributed by atoms with Gasteiger partial charge in [-0.1, -0.05) is 41.0 Å². The van der Waals surface area contributed by atoms with Gasteiger partial charge < -0.3 is 15.8 Å². The monoisotopic (exact) mass is 569 g/mol. The van der Waals surface area contributed by atoms with Crippen molar-refractivity contribution in [1.29, 1.82) is 0 Å². The lowest BCUT2D eigenvalue weighted by Crippen LogP contribution is -2.26. The summed E-state index contributed by atoms with van der Waals surface area (Å²) >= 11 is 14.0. The number of amides is 2. The molecule has 13 heteroatoms. The lowest BCUT2D eigenvalue weighted by Gasteiger charge is -2.10. The van der Waals surface area contributed by atoms with Crippen molar-refractivity contribution in [1.82, 2.24) is 25.5 Å². The van der Waals surface area contributed by atoms with Crippen LogP contribution in [0.2, 0.25) is 10.0 Å². The Hall–Kier alpha value is -3.67. The first kappa shape index (κ1) is 26.0. The van der Waals surface area contributed by atoms with Crippen LogP contribution in [0.4, 0.5) is 5.69 Å². The number of aromatic nitrogens is 5. The number of anilines is 1. The molecule has 0 unspecified atom stereocenters. The van der Waals surface area contributed by atoms with Gasteiger partial charge in [-0.05, 0) is 70.6 Å². The van der Waals surface area contributed by atoms with Crippen LogP contribution in [0.15, 0.2) is 66.1 Å². The maximum Gasteiger partial charge on any atom is 0.251 e. The molecule has 0 radical (unpaired) electrons. The van der Waals surface area contributed by atoms with Crippen molar-refractivity contribution in [2.75, 3.05) is 11.1 Å². The Morgan fingerprint density at radius 3 is 2.58 bits per heavy atom. The van der Waals surface area contributed by atoms with E-state index in [1.807, 2.05) is 18.2 Å². The van der Waals surface area contributed by atoms with Gasteiger partial charge in [-0.25, -0.2) is 0 Å². The van der Waals surface area contributed by atoms with E-state index in [-0.39, 0.29) is 29.1 Å². The first-order chi connectivity index (χ1) is 18.4. The first-order valence-electron chi connectivity index (χ1n) is 11.6. The summed E-state index contributed by atoms with van der Waals surface area (Å²) in [6.45, 7) is 0.252. The standard InChI is InChI=1S/C25H21Cl2N7O3S/c26-19-12-18(24(36)28-13-15-7-9-33(37)10-8-15)3-5-21(19)29-23(35)14-38-25-30-31-32-34(25)22-6-4-17(11-20(22)27)16-1-2-16/h3-12,16H,1-2,13-14H2,(H,28,36)(H,29,35). The Kier molecular flexibility index (Phi) is 7.77. The molecule has 0 spiro atoms. The zero-order chi connectivity index (χ0) is 26.6. The van der Waals surface area contributed by atoms with E-state index in [2.05, 4.69) is 26.2 Å². The zero-order valence-corrected chi connectivity index (χ0v) is 22.1. The second kappa shape index (κ2) is 11.4. The van der Waals surface area contributed by atoms with Gasteiger partial charge in [0.05, 0.1) is 27.2 Å². The lowest BCUT2D eigenvalue weighted by molar-refractivity contribution is -0.605. The Labute approximate surface area is 231 Å². The molecule has 1 fully saturated rings. The molecular weight excluding hydrogens is 549 g/mol. The van der Waals surface area contributed by atoms with Gasteiger partial charge in [0.15, 0.2) is 12.4 Å². The third-order valence-electron chi connectivity index (χ3n) is 5.85. The molecule has 4 aromatic rings. The van der Waals surface area contributed by atoms with Crippen LogP contribution in [0, 0.1) is 5.21 Å². The third kappa shape index (κ3) is 6.24. The molecule has 10 nitrogen and oxygen atoms in total. The van der Waals surface area contributed by atoms with Gasteiger partial charge in [0.1, 0.15) is 0 Å². The molecule has 2 aromatic carbocycles. The summed E-state index contributed by atoms with van der Waals surface area (Å²) in [7, 11) is 0. The van der Waals surface area contributed by atoms with Crippen LogP contribution in [0.25, 0.3) is 5.69 Å². The molecule has 0 bridgehead atoms. The molecule has 1 saturated carbocycles. The Morgan fingerprint density at radius 1 is 1.08 bits per heavy atom. The molecule has 2 heterocycles. The molecule has 1 aliphatic carbocycles. The van der Waals surface area contributed by atoms with Crippen LogP contribution < -0.4 is 15.4 Å². The van der Waals surface area contributed by atoms with Gasteiger partial charge in [0.25, 0.3) is 5.91 Å². The molecule has 2 amide bonds. The van der Waals surface area contributed by atoms with Crippen molar-refractivity contribution >= 4 is 52.5 Å². The summed E-state index contributed by atoms with van der Waals surface area (Å²) in [4.78, 5) is 25.1. The zero-order valence-electron chi connectivity index (χ0n) is 19.8. The number of nitrogens with zero attached hydrogens (tertiary/aromatic N) is 5. The second-order valence-corrected chi connectivity index (χ2v) is 10.4. The Morgan fingerprint density at radius 2 is 1.87 bits per heavy atom. The fourth-order valence-electron chi connectivity index (χ4n) is 3.71. The fraction of sp³-hybridized carbons (Fsp3) is 0.200. The van der Waals surface area contributed by atoms with Crippen molar-refractivity contribution < 1.29 is 14.3 Å². The van der Waals surface area contributed by atoms with Crippen molar-refractivity contribution in [3.05, 3.63) is 92.9 Å². The Bertz CT molecular complexity index is 1490. The molecule has 2 N–H and O–H groups in total. The number of benzene rings is 2. The minimum atomic E-state index is -0.338. The first-order valence-corrected chi connectivity index (χ1v) is 13.4. The number of rotatable bonds is 9. The summed E-state index contributed by atoms with van der Waals surface area (Å²) < 4.78 is 2.17. The minimum absolute atomic E-state index is 0.0250. The number of carbonyl (C=O) groups excluding carboxylic acids is 2. The van der Waals surface area contributed by atoms with Crippen LogP contribution in [-0.2, 0) is 11.3 Å². The van der Waals surface area contributed by atoms with Crippen LogP contribution in [0.3, 0.4) is 0 Å². The number of thioether (sulfide) groups is 1. The summed E-state index contributed by atoms with van der Waals surface area (Å²) in [6.07, 6.45) is 5.07. The number of pyridine rings is 1. The molecule has 0 aliphatic heterocycles. The highest BCUT2D eigenvalue weighted by Crippen LogP contribution is 2.41. The van der Waals surface area contributed by atoms with Crippen molar-refractivity contribution in [3.63, 3.8) is 0 Å². The lowest BCUT2D eigenvalue weighted by atomic mass is 10.1. The maximum absolute atomic E-state index is 12.6. The van der Waals surface area contributed by atoms with Crippen LogP contribution in [0.5, 0.6) is 0 Å². The van der Waals surface area contributed by atoms with Crippen molar-refractivity contribution in [2.45, 2.75) is 30.5 Å². The number of tetrazole rings is 1. The fourth-order valence-corrected chi connectivity index (χ4v) is 4.89. The summed E-state index contributed by atoms with van der Waals surface area (Å²) in [6, 6.07) is 13.7. The summed E-state index contributed by atoms with van der Waals surface area (Å²) in [5.74, 6) is -0.0590. The summed E-state index contributed by atoms with van der Waals surface area (Å²) in [5, 5.41) is 29.6. The maximum atomic E-state index is 12.6. The molecule has 5 rings (SSSR count). The van der Waals surface area contributed by atoms with E-state index < -0.39 is 0 Å². The second-order valence-electron chi connectivity index (χ2n) is 8.64. The third-order valence-corrected chi connectivity index (χ3v) is 7.39. The summed E-state index contributed by atoms with van der Waals surface area (Å²) in [5.41, 5.74) is 3.33. The van der Waals surface area contributed by atoms with E-state index in [1.165, 1.54) is 41.5 Å². The van der Waals surface area contributed by atoms with E-state index in [0.717, 1.165) is 17.3 Å². The number of hydrogen-bond donors (Lipinski definition) is 2. The van der Waals surface area contributed by atoms with Gasteiger partial charge in [-0.2, -0.15) is 9.41 Å². The van der Waals surface area contributed by atoms with Crippen molar-refractivity contribution in [2.24, 2.45) is 0 Å². The molecule has 38 heavy (non-hydrogen) atoms. The van der Waals surface area contributed by atoms with E-state index in [4.69, 9.17) is 23.2 Å².